The maximum absolute atomic E-state index is 4.22. The minimum atomic E-state index is 0.651. The maximum atomic E-state index is 4.22. The van der Waals surface area contributed by atoms with Gasteiger partial charge in [0.25, 0.3) is 0 Å². The zero-order valence-corrected chi connectivity index (χ0v) is 8.07. The van der Waals surface area contributed by atoms with Crippen molar-refractivity contribution < 1.29 is 0 Å². The Morgan fingerprint density at radius 2 is 2.15 bits per heavy atom. The molecule has 0 fully saturated rings. The molecular weight excluding hydrogens is 182 g/mol. The normalized spacial score (nSPS) is 10.3. The lowest BCUT2D eigenvalue weighted by Gasteiger charge is -2.02. The lowest BCUT2D eigenvalue weighted by Crippen LogP contribution is -1.96. The Kier molecular flexibility index (Phi) is 2.06. The number of aromatic nitrogens is 3. The Hall–Kier alpha value is -1.29. The van der Waals surface area contributed by atoms with Crippen molar-refractivity contribution in [3.63, 3.8) is 0 Å². The quantitative estimate of drug-likeness (QED) is 0.697. The number of hydrogen-bond acceptors (Lipinski definition) is 3. The minimum absolute atomic E-state index is 0.651. The highest BCUT2D eigenvalue weighted by Crippen LogP contribution is 2.11. The molecule has 0 aliphatic rings. The van der Waals surface area contributed by atoms with E-state index >= 15 is 0 Å². The molecule has 2 heterocycles. The Balaban J connectivity index is 2.53. The van der Waals surface area contributed by atoms with Gasteiger partial charge in [0.05, 0.1) is 0 Å². The fourth-order valence-electron chi connectivity index (χ4n) is 1.13. The summed E-state index contributed by atoms with van der Waals surface area (Å²) in [4.78, 5) is 8.23. The van der Waals surface area contributed by atoms with Crippen LogP contribution < -0.4 is 0 Å². The van der Waals surface area contributed by atoms with Crippen molar-refractivity contribution in [3.05, 3.63) is 36.3 Å². The van der Waals surface area contributed by atoms with Gasteiger partial charge in [-0.1, -0.05) is 0 Å². The van der Waals surface area contributed by atoms with Gasteiger partial charge in [-0.25, -0.2) is 9.97 Å². The lowest BCUT2D eigenvalue weighted by atomic mass is 10.3. The van der Waals surface area contributed by atoms with E-state index in [9.17, 15) is 0 Å². The molecule has 0 aliphatic heterocycles. The SMILES string of the molecule is Cc1ccnc(-n2ccnc2S)c1. The first-order valence-electron chi connectivity index (χ1n) is 3.93. The second-order valence-corrected chi connectivity index (χ2v) is 3.19. The summed E-state index contributed by atoms with van der Waals surface area (Å²) in [5.41, 5.74) is 1.17. The van der Waals surface area contributed by atoms with E-state index in [1.54, 1.807) is 12.4 Å². The second-order valence-electron chi connectivity index (χ2n) is 2.79. The molecule has 66 valence electrons. The van der Waals surface area contributed by atoms with Crippen LogP contribution in [0.5, 0.6) is 0 Å². The van der Waals surface area contributed by atoms with E-state index < -0.39 is 0 Å². The largest absolute Gasteiger partial charge is 0.279 e. The predicted molar refractivity (Wildman–Crippen MR) is 53.3 cm³/mol. The van der Waals surface area contributed by atoms with E-state index in [1.807, 2.05) is 29.8 Å². The second kappa shape index (κ2) is 3.22. The van der Waals surface area contributed by atoms with Crippen molar-refractivity contribution in [3.8, 4) is 5.82 Å². The summed E-state index contributed by atoms with van der Waals surface area (Å²) in [5.74, 6) is 0.850. The lowest BCUT2D eigenvalue weighted by molar-refractivity contribution is 0.866. The zero-order valence-electron chi connectivity index (χ0n) is 7.18. The Bertz CT molecular complexity index is 422. The van der Waals surface area contributed by atoms with E-state index in [0.717, 1.165) is 5.82 Å². The minimum Gasteiger partial charge on any atom is -0.279 e. The molecule has 0 unspecified atom stereocenters. The monoisotopic (exact) mass is 191 g/mol. The van der Waals surface area contributed by atoms with Gasteiger partial charge >= 0.3 is 0 Å². The molecule has 0 atom stereocenters. The van der Waals surface area contributed by atoms with Crippen molar-refractivity contribution in [1.29, 1.82) is 0 Å². The van der Waals surface area contributed by atoms with E-state index in [0.29, 0.717) is 5.16 Å². The van der Waals surface area contributed by atoms with Crippen LogP contribution in [-0.4, -0.2) is 14.5 Å². The van der Waals surface area contributed by atoms with Crippen molar-refractivity contribution >= 4 is 12.6 Å². The van der Waals surface area contributed by atoms with Crippen LogP contribution in [0.4, 0.5) is 0 Å². The van der Waals surface area contributed by atoms with Crippen LogP contribution in [0.25, 0.3) is 5.82 Å². The molecule has 0 aromatic carbocycles. The molecule has 2 rings (SSSR count). The Labute approximate surface area is 81.9 Å². The summed E-state index contributed by atoms with van der Waals surface area (Å²) in [7, 11) is 0. The maximum Gasteiger partial charge on any atom is 0.170 e. The Morgan fingerprint density at radius 1 is 1.31 bits per heavy atom. The summed E-state index contributed by atoms with van der Waals surface area (Å²) in [6.45, 7) is 2.03. The molecule has 4 heteroatoms. The average molecular weight is 191 g/mol. The third kappa shape index (κ3) is 1.58. The molecule has 0 spiro atoms. The van der Waals surface area contributed by atoms with Crippen LogP contribution in [0.1, 0.15) is 5.56 Å². The molecule has 3 nitrogen and oxygen atoms in total. The van der Waals surface area contributed by atoms with Crippen LogP contribution in [-0.2, 0) is 0 Å². The summed E-state index contributed by atoms with van der Waals surface area (Å²) in [6.07, 6.45) is 5.31. The van der Waals surface area contributed by atoms with Crippen molar-refractivity contribution in [2.24, 2.45) is 0 Å². The van der Waals surface area contributed by atoms with Gasteiger partial charge in [-0.05, 0) is 24.6 Å². The Morgan fingerprint density at radius 3 is 2.77 bits per heavy atom. The van der Waals surface area contributed by atoms with Gasteiger partial charge in [-0.2, -0.15) is 0 Å². The van der Waals surface area contributed by atoms with Gasteiger partial charge in [0, 0.05) is 18.6 Å². The number of imidazole rings is 1. The first-order chi connectivity index (χ1) is 6.27. The first-order valence-corrected chi connectivity index (χ1v) is 4.37. The molecule has 13 heavy (non-hydrogen) atoms. The van der Waals surface area contributed by atoms with Crippen LogP contribution in [0.15, 0.2) is 35.9 Å². The fourth-order valence-corrected chi connectivity index (χ4v) is 1.36. The number of nitrogens with zero attached hydrogens (tertiary/aromatic N) is 3. The number of pyridine rings is 1. The molecule has 0 saturated carbocycles. The van der Waals surface area contributed by atoms with E-state index in [2.05, 4.69) is 22.6 Å². The molecule has 0 aliphatic carbocycles. The van der Waals surface area contributed by atoms with Crippen molar-refractivity contribution in [2.45, 2.75) is 12.1 Å². The van der Waals surface area contributed by atoms with Crippen LogP contribution in [0.3, 0.4) is 0 Å². The molecule has 2 aromatic heterocycles. The van der Waals surface area contributed by atoms with Gasteiger partial charge < -0.3 is 0 Å². The van der Waals surface area contributed by atoms with E-state index in [4.69, 9.17) is 0 Å². The fraction of sp³-hybridized carbons (Fsp3) is 0.111. The molecule has 0 N–H and O–H groups in total. The number of hydrogen-bond donors (Lipinski definition) is 1. The van der Waals surface area contributed by atoms with Gasteiger partial charge in [-0.15, -0.1) is 12.6 Å². The number of thiol groups is 1. The smallest absolute Gasteiger partial charge is 0.170 e. The van der Waals surface area contributed by atoms with Crippen LogP contribution in [0.2, 0.25) is 0 Å². The number of aryl methyl sites for hydroxylation is 1. The average Bonchev–Trinajstić information content (AvgIpc) is 2.51. The third-order valence-electron chi connectivity index (χ3n) is 1.77. The molecule has 0 saturated heterocycles. The summed E-state index contributed by atoms with van der Waals surface area (Å²) in [6, 6.07) is 3.94. The first kappa shape index (κ1) is 8.31. The number of rotatable bonds is 1. The van der Waals surface area contributed by atoms with Gasteiger partial charge in [0.15, 0.2) is 5.16 Å². The van der Waals surface area contributed by atoms with Crippen LogP contribution in [0, 0.1) is 6.92 Å². The van der Waals surface area contributed by atoms with E-state index in [-0.39, 0.29) is 0 Å². The molecule has 2 aromatic rings. The topological polar surface area (TPSA) is 30.7 Å². The van der Waals surface area contributed by atoms with Crippen molar-refractivity contribution in [2.75, 3.05) is 0 Å². The van der Waals surface area contributed by atoms with Gasteiger partial charge in [0.1, 0.15) is 5.82 Å². The molecule has 0 bridgehead atoms. The molecular formula is C9H9N3S. The summed E-state index contributed by atoms with van der Waals surface area (Å²) < 4.78 is 1.83. The highest BCUT2D eigenvalue weighted by molar-refractivity contribution is 7.80. The summed E-state index contributed by atoms with van der Waals surface area (Å²) >= 11 is 4.21. The van der Waals surface area contributed by atoms with Crippen LogP contribution >= 0.6 is 12.6 Å². The van der Waals surface area contributed by atoms with E-state index in [1.165, 1.54) is 5.56 Å². The van der Waals surface area contributed by atoms with Crippen molar-refractivity contribution in [1.82, 2.24) is 14.5 Å². The van der Waals surface area contributed by atoms with Gasteiger partial charge in [-0.3, -0.25) is 4.57 Å². The highest BCUT2D eigenvalue weighted by Gasteiger charge is 2.01. The van der Waals surface area contributed by atoms with Gasteiger partial charge in [0.2, 0.25) is 0 Å². The standard InChI is InChI=1S/C9H9N3S/c1-7-2-3-10-8(6-7)12-5-4-11-9(12)13/h2-6H,1H3,(H,11,13). The molecule has 0 radical (unpaired) electrons. The highest BCUT2D eigenvalue weighted by atomic mass is 32.1. The summed E-state index contributed by atoms with van der Waals surface area (Å²) in [5, 5.41) is 0.651. The molecule has 0 amide bonds. The predicted octanol–water partition coefficient (Wildman–Crippen LogP) is 1.86. The third-order valence-corrected chi connectivity index (χ3v) is 2.10. The zero-order chi connectivity index (χ0) is 9.26.